The van der Waals surface area contributed by atoms with Crippen LogP contribution in [0.2, 0.25) is 0 Å². The van der Waals surface area contributed by atoms with Crippen LogP contribution >= 0.6 is 0 Å². The van der Waals surface area contributed by atoms with Crippen molar-refractivity contribution in [2.24, 2.45) is 5.41 Å². The maximum Gasteiger partial charge on any atom is 0.335 e. The minimum Gasteiger partial charge on any atom is -0.478 e. The fourth-order valence-electron chi connectivity index (χ4n) is 2.62. The van der Waals surface area contributed by atoms with Crippen molar-refractivity contribution in [3.8, 4) is 5.88 Å². The summed E-state index contributed by atoms with van der Waals surface area (Å²) in [6.07, 6.45) is 3.16. The van der Waals surface area contributed by atoms with E-state index in [9.17, 15) is 14.4 Å². The highest BCUT2D eigenvalue weighted by atomic mass is 16.5. The van der Waals surface area contributed by atoms with Gasteiger partial charge in [-0.25, -0.2) is 14.7 Å². The van der Waals surface area contributed by atoms with Gasteiger partial charge < -0.3 is 4.74 Å². The lowest BCUT2D eigenvalue weighted by Crippen LogP contribution is -2.66. The van der Waals surface area contributed by atoms with Crippen LogP contribution in [0.25, 0.3) is 0 Å². The van der Waals surface area contributed by atoms with Crippen molar-refractivity contribution in [2.45, 2.75) is 26.2 Å². The Hall–Kier alpha value is -2.44. The number of pyridine rings is 1. The number of carbonyl (C=O) groups is 3. The molecule has 1 aliphatic heterocycles. The normalized spacial score (nSPS) is 20.2. The molecule has 0 aromatic carbocycles. The molecule has 1 aromatic heterocycles. The van der Waals surface area contributed by atoms with Crippen LogP contribution in [-0.4, -0.2) is 29.4 Å². The van der Waals surface area contributed by atoms with Gasteiger partial charge in [-0.15, -0.1) is 0 Å². The Labute approximate surface area is 121 Å². The lowest BCUT2D eigenvalue weighted by atomic mass is 9.66. The predicted molar refractivity (Wildman–Crippen MR) is 72.7 cm³/mol. The number of barbiturate groups is 1. The summed E-state index contributed by atoms with van der Waals surface area (Å²) in [5, 5.41) is 2.26. The number of urea groups is 1. The van der Waals surface area contributed by atoms with Gasteiger partial charge in [0.2, 0.25) is 11.8 Å². The highest BCUT2D eigenvalue weighted by Crippen LogP contribution is 2.45. The fraction of sp³-hybridized carbons (Fsp3) is 0.429. The maximum atomic E-state index is 12.5. The van der Waals surface area contributed by atoms with Gasteiger partial charge in [-0.1, -0.05) is 6.42 Å². The van der Waals surface area contributed by atoms with E-state index >= 15 is 0 Å². The van der Waals surface area contributed by atoms with Crippen molar-refractivity contribution in [1.29, 1.82) is 0 Å². The lowest BCUT2D eigenvalue weighted by Gasteiger charge is -2.44. The van der Waals surface area contributed by atoms with Crippen LogP contribution < -0.4 is 15.0 Å². The van der Waals surface area contributed by atoms with Crippen LogP contribution in [0.5, 0.6) is 5.88 Å². The molecule has 2 fully saturated rings. The zero-order valence-electron chi connectivity index (χ0n) is 11.6. The zero-order valence-corrected chi connectivity index (χ0v) is 11.6. The van der Waals surface area contributed by atoms with Crippen LogP contribution in [0.4, 0.5) is 10.5 Å². The number of rotatable bonds is 3. The minimum absolute atomic E-state index is 0.333. The molecule has 0 unspecified atom stereocenters. The van der Waals surface area contributed by atoms with Gasteiger partial charge in [0, 0.05) is 6.07 Å². The van der Waals surface area contributed by atoms with Crippen LogP contribution in [0.3, 0.4) is 0 Å². The van der Waals surface area contributed by atoms with Crippen LogP contribution in [0, 0.1) is 5.41 Å². The summed E-state index contributed by atoms with van der Waals surface area (Å²) >= 11 is 0. The predicted octanol–water partition coefficient (Wildman–Crippen LogP) is 1.23. The summed E-state index contributed by atoms with van der Waals surface area (Å²) in [7, 11) is 0. The molecule has 3 rings (SSSR count). The second-order valence-electron chi connectivity index (χ2n) is 5.12. The number of imide groups is 2. The average molecular weight is 289 g/mol. The topological polar surface area (TPSA) is 88.6 Å². The van der Waals surface area contributed by atoms with E-state index in [1.807, 2.05) is 6.92 Å². The number of anilines is 1. The third kappa shape index (κ3) is 1.96. The lowest BCUT2D eigenvalue weighted by molar-refractivity contribution is -0.148. The Morgan fingerprint density at radius 2 is 2.10 bits per heavy atom. The standard InChI is InChI=1S/C14H15N3O4/c1-2-21-10-5-4-9(8-15-10)17-12(19)14(6-3-7-14)11(18)16-13(17)20/h4-5,8H,2-3,6-7H2,1H3,(H,16,18,20). The minimum atomic E-state index is -1.08. The third-order valence-corrected chi connectivity index (χ3v) is 3.95. The zero-order chi connectivity index (χ0) is 15.0. The van der Waals surface area contributed by atoms with E-state index in [0.29, 0.717) is 31.0 Å². The molecule has 21 heavy (non-hydrogen) atoms. The molecule has 7 heteroatoms. The average Bonchev–Trinajstić information content (AvgIpc) is 2.39. The van der Waals surface area contributed by atoms with Gasteiger partial charge in [-0.3, -0.25) is 14.9 Å². The van der Waals surface area contributed by atoms with Gasteiger partial charge in [0.15, 0.2) is 0 Å². The molecule has 1 saturated heterocycles. The Bertz CT molecular complexity index is 607. The van der Waals surface area contributed by atoms with E-state index in [1.165, 1.54) is 6.20 Å². The molecule has 2 aliphatic rings. The van der Waals surface area contributed by atoms with Crippen molar-refractivity contribution in [3.63, 3.8) is 0 Å². The summed E-state index contributed by atoms with van der Waals surface area (Å²) in [6.45, 7) is 2.32. The van der Waals surface area contributed by atoms with Crippen LogP contribution in [0.1, 0.15) is 26.2 Å². The fourth-order valence-corrected chi connectivity index (χ4v) is 2.62. The molecule has 7 nitrogen and oxygen atoms in total. The number of nitrogens with one attached hydrogen (secondary N) is 1. The summed E-state index contributed by atoms with van der Waals surface area (Å²) in [5.41, 5.74) is -0.744. The molecule has 110 valence electrons. The van der Waals surface area contributed by atoms with Crippen molar-refractivity contribution in [3.05, 3.63) is 18.3 Å². The molecule has 1 aromatic rings. The number of aromatic nitrogens is 1. The summed E-state index contributed by atoms with van der Waals surface area (Å²) in [4.78, 5) is 41.5. The van der Waals surface area contributed by atoms with Gasteiger partial charge in [-0.2, -0.15) is 0 Å². The molecule has 2 heterocycles. The second kappa shape index (κ2) is 4.83. The summed E-state index contributed by atoms with van der Waals surface area (Å²) < 4.78 is 5.22. The number of amides is 4. The maximum absolute atomic E-state index is 12.5. The summed E-state index contributed by atoms with van der Waals surface area (Å²) in [5.74, 6) is -0.534. The first-order valence-corrected chi connectivity index (χ1v) is 6.87. The third-order valence-electron chi connectivity index (χ3n) is 3.95. The van der Waals surface area contributed by atoms with Gasteiger partial charge in [0.05, 0.1) is 18.5 Å². The van der Waals surface area contributed by atoms with E-state index < -0.39 is 23.3 Å². The van der Waals surface area contributed by atoms with Crippen molar-refractivity contribution >= 4 is 23.5 Å². The van der Waals surface area contributed by atoms with E-state index in [0.717, 1.165) is 11.3 Å². The monoisotopic (exact) mass is 289 g/mol. The quantitative estimate of drug-likeness (QED) is 0.845. The number of hydrogen-bond donors (Lipinski definition) is 1. The van der Waals surface area contributed by atoms with Gasteiger partial charge in [-0.05, 0) is 25.8 Å². The highest BCUT2D eigenvalue weighted by molar-refractivity contribution is 6.30. The molecule has 0 atom stereocenters. The van der Waals surface area contributed by atoms with Gasteiger partial charge >= 0.3 is 6.03 Å². The molecule has 1 spiro atoms. The van der Waals surface area contributed by atoms with Gasteiger partial charge in [0.1, 0.15) is 5.41 Å². The number of nitrogens with zero attached hydrogens (tertiary/aromatic N) is 2. The first-order chi connectivity index (χ1) is 10.1. The van der Waals surface area contributed by atoms with Crippen molar-refractivity contribution in [2.75, 3.05) is 11.5 Å². The van der Waals surface area contributed by atoms with E-state index in [4.69, 9.17) is 4.74 Å². The number of ether oxygens (including phenoxy) is 1. The Morgan fingerprint density at radius 3 is 2.62 bits per heavy atom. The van der Waals surface area contributed by atoms with E-state index in [1.54, 1.807) is 12.1 Å². The molecule has 1 N–H and O–H groups in total. The Morgan fingerprint density at radius 1 is 1.33 bits per heavy atom. The highest BCUT2D eigenvalue weighted by Gasteiger charge is 2.57. The molecule has 0 bridgehead atoms. The molecular weight excluding hydrogens is 274 g/mol. The molecule has 4 amide bonds. The van der Waals surface area contributed by atoms with Crippen molar-refractivity contribution in [1.82, 2.24) is 10.3 Å². The Kier molecular flexibility index (Phi) is 3.12. The number of carbonyl (C=O) groups excluding carboxylic acids is 3. The molecule has 0 radical (unpaired) electrons. The van der Waals surface area contributed by atoms with Gasteiger partial charge in [0.25, 0.3) is 5.91 Å². The number of hydrogen-bond acceptors (Lipinski definition) is 5. The SMILES string of the molecule is CCOc1ccc(N2C(=O)NC(=O)C3(CCC3)C2=O)cn1. The molecular formula is C14H15N3O4. The van der Waals surface area contributed by atoms with Crippen LogP contribution in [0.15, 0.2) is 18.3 Å². The van der Waals surface area contributed by atoms with E-state index in [2.05, 4.69) is 10.3 Å². The smallest absolute Gasteiger partial charge is 0.335 e. The van der Waals surface area contributed by atoms with Crippen molar-refractivity contribution < 1.29 is 19.1 Å². The largest absolute Gasteiger partial charge is 0.478 e. The molecule has 1 aliphatic carbocycles. The van der Waals surface area contributed by atoms with E-state index in [-0.39, 0.29) is 0 Å². The van der Waals surface area contributed by atoms with Crippen LogP contribution in [-0.2, 0) is 9.59 Å². The Balaban J connectivity index is 1.91. The first kappa shape index (κ1) is 13.5. The molecule has 1 saturated carbocycles. The summed E-state index contributed by atoms with van der Waals surface area (Å²) in [6, 6.07) is 2.44. The first-order valence-electron chi connectivity index (χ1n) is 6.87. The second-order valence-corrected chi connectivity index (χ2v) is 5.12.